The number of rotatable bonds is 6. The van der Waals surface area contributed by atoms with Crippen LogP contribution >= 0.6 is 0 Å². The molecule has 0 saturated heterocycles. The van der Waals surface area contributed by atoms with Crippen LogP contribution in [0.2, 0.25) is 0 Å². The van der Waals surface area contributed by atoms with Gasteiger partial charge >= 0.3 is 0 Å². The van der Waals surface area contributed by atoms with E-state index < -0.39 is 0 Å². The van der Waals surface area contributed by atoms with E-state index in [2.05, 4.69) is 108 Å². The summed E-state index contributed by atoms with van der Waals surface area (Å²) >= 11 is 0. The molecule has 4 nitrogen and oxygen atoms in total. The summed E-state index contributed by atoms with van der Waals surface area (Å²) in [6.07, 6.45) is 10.1. The van der Waals surface area contributed by atoms with E-state index in [1.54, 1.807) is 0 Å². The third-order valence-corrected chi connectivity index (χ3v) is 11.6. The normalized spacial score (nSPS) is 22.5. The van der Waals surface area contributed by atoms with Gasteiger partial charge in [0, 0.05) is 27.8 Å². The highest BCUT2D eigenvalue weighted by atomic mass is 16.3. The molecule has 238 valence electrons. The van der Waals surface area contributed by atoms with E-state index in [0.29, 0.717) is 5.41 Å². The standard InChI is InChI=1S/C45H37N3O/c1-3-7-32(8-4-1)38-19-20-39(43-42(38)46-28-49-43)33-11-13-35(14-12-33)41-24-40(34-9-5-2-6-10-34)47-44(48-41)36-15-17-37(18-16-36)45-25-29-21-30(26-45)23-31(22-29)27-45/h1-20,24,28-31H,21-23,25-27H2. The van der Waals surface area contributed by atoms with Crippen molar-refractivity contribution in [1.29, 1.82) is 0 Å². The van der Waals surface area contributed by atoms with Crippen LogP contribution in [0.25, 0.3) is 67.3 Å². The Morgan fingerprint density at radius 3 is 1.65 bits per heavy atom. The van der Waals surface area contributed by atoms with Crippen LogP contribution in [0, 0.1) is 17.8 Å². The Bertz CT molecular complexity index is 2250. The van der Waals surface area contributed by atoms with Crippen molar-refractivity contribution in [3.63, 3.8) is 0 Å². The van der Waals surface area contributed by atoms with Gasteiger partial charge in [-0.3, -0.25) is 0 Å². The van der Waals surface area contributed by atoms with Gasteiger partial charge in [-0.15, -0.1) is 0 Å². The SMILES string of the molecule is c1ccc(-c2cc(-c3ccc(-c4ccc(-c5ccccc5)c5ncoc45)cc3)nc(-c3ccc(C45CC6CC(CC(C6)C4)C5)cc3)n2)cc1. The van der Waals surface area contributed by atoms with Crippen LogP contribution < -0.4 is 0 Å². The molecular formula is C45H37N3O. The first-order chi connectivity index (χ1) is 24.2. The van der Waals surface area contributed by atoms with Crippen molar-refractivity contribution in [3.05, 3.63) is 139 Å². The predicted molar refractivity (Wildman–Crippen MR) is 197 cm³/mol. The van der Waals surface area contributed by atoms with Crippen molar-refractivity contribution in [2.45, 2.75) is 43.9 Å². The molecule has 2 heterocycles. The van der Waals surface area contributed by atoms with Gasteiger partial charge in [-0.2, -0.15) is 0 Å². The van der Waals surface area contributed by atoms with Crippen molar-refractivity contribution >= 4 is 11.1 Å². The molecule has 4 heteroatoms. The molecule has 4 bridgehead atoms. The molecule has 0 radical (unpaired) electrons. The Labute approximate surface area is 286 Å². The van der Waals surface area contributed by atoms with Crippen LogP contribution in [0.3, 0.4) is 0 Å². The van der Waals surface area contributed by atoms with E-state index in [1.807, 2.05) is 24.3 Å². The quantitative estimate of drug-likeness (QED) is 0.182. The van der Waals surface area contributed by atoms with E-state index >= 15 is 0 Å². The zero-order chi connectivity index (χ0) is 32.4. The van der Waals surface area contributed by atoms with Crippen molar-refractivity contribution in [2.75, 3.05) is 0 Å². The molecule has 4 fully saturated rings. The van der Waals surface area contributed by atoms with Gasteiger partial charge in [0.2, 0.25) is 0 Å². The number of oxazole rings is 1. The zero-order valence-corrected chi connectivity index (χ0v) is 27.4. The van der Waals surface area contributed by atoms with Gasteiger partial charge in [-0.25, -0.2) is 15.0 Å². The number of fused-ring (bicyclic) bond motifs is 1. The van der Waals surface area contributed by atoms with E-state index in [0.717, 1.165) is 85.0 Å². The highest BCUT2D eigenvalue weighted by molar-refractivity contribution is 5.99. The third-order valence-electron chi connectivity index (χ3n) is 11.6. The molecular weight excluding hydrogens is 599 g/mol. The fraction of sp³-hybridized carbons (Fsp3) is 0.222. The summed E-state index contributed by atoms with van der Waals surface area (Å²) < 4.78 is 5.95. The summed E-state index contributed by atoms with van der Waals surface area (Å²) in [5.74, 6) is 3.56. The Morgan fingerprint density at radius 2 is 1.02 bits per heavy atom. The summed E-state index contributed by atoms with van der Waals surface area (Å²) in [7, 11) is 0. The van der Waals surface area contributed by atoms with E-state index in [-0.39, 0.29) is 0 Å². The lowest BCUT2D eigenvalue weighted by atomic mass is 9.48. The molecule has 0 spiro atoms. The Balaban J connectivity index is 1.00. The van der Waals surface area contributed by atoms with Crippen molar-refractivity contribution < 1.29 is 4.42 Å². The summed E-state index contributed by atoms with van der Waals surface area (Å²) in [5, 5.41) is 0. The Hall–Kier alpha value is -5.35. The van der Waals surface area contributed by atoms with Gasteiger partial charge in [0.05, 0.1) is 11.4 Å². The fourth-order valence-corrected chi connectivity index (χ4v) is 9.77. The minimum atomic E-state index is 0.381. The Kier molecular flexibility index (Phi) is 6.65. The number of hydrogen-bond acceptors (Lipinski definition) is 4. The van der Waals surface area contributed by atoms with E-state index in [4.69, 9.17) is 14.4 Å². The molecule has 4 saturated carbocycles. The number of benzene rings is 5. The van der Waals surface area contributed by atoms with Crippen molar-refractivity contribution in [3.8, 4) is 56.2 Å². The maximum Gasteiger partial charge on any atom is 0.182 e. The summed E-state index contributed by atoms with van der Waals surface area (Å²) in [6, 6.07) is 45.1. The van der Waals surface area contributed by atoms with E-state index in [9.17, 15) is 0 Å². The van der Waals surface area contributed by atoms with Gasteiger partial charge < -0.3 is 4.42 Å². The van der Waals surface area contributed by atoms with Crippen LogP contribution in [0.1, 0.15) is 44.1 Å². The number of hydrogen-bond donors (Lipinski definition) is 0. The lowest BCUT2D eigenvalue weighted by Gasteiger charge is -2.57. The maximum absolute atomic E-state index is 5.95. The van der Waals surface area contributed by atoms with Gasteiger partial charge in [-0.1, -0.05) is 115 Å². The molecule has 2 aromatic heterocycles. The highest BCUT2D eigenvalue weighted by Crippen LogP contribution is 2.60. The number of aromatic nitrogens is 3. The summed E-state index contributed by atoms with van der Waals surface area (Å²) in [5.41, 5.74) is 12.9. The highest BCUT2D eigenvalue weighted by Gasteiger charge is 2.51. The predicted octanol–water partition coefficient (Wildman–Crippen LogP) is 11.4. The molecule has 5 aromatic carbocycles. The van der Waals surface area contributed by atoms with Crippen LogP contribution in [-0.2, 0) is 5.41 Å². The lowest BCUT2D eigenvalue weighted by molar-refractivity contribution is -0.00518. The lowest BCUT2D eigenvalue weighted by Crippen LogP contribution is -2.48. The second-order valence-corrected chi connectivity index (χ2v) is 14.7. The smallest absolute Gasteiger partial charge is 0.182 e. The third kappa shape index (κ3) is 5.01. The molecule has 0 N–H and O–H groups in total. The molecule has 0 aliphatic heterocycles. The van der Waals surface area contributed by atoms with Gasteiger partial charge in [0.1, 0.15) is 5.52 Å². The van der Waals surface area contributed by atoms with Gasteiger partial charge in [0.15, 0.2) is 17.8 Å². The molecule has 0 unspecified atom stereocenters. The molecule has 11 rings (SSSR count). The second kappa shape index (κ2) is 11.4. The molecule has 0 atom stereocenters. The van der Waals surface area contributed by atoms with Crippen LogP contribution in [0.4, 0.5) is 0 Å². The fourth-order valence-electron chi connectivity index (χ4n) is 9.77. The summed E-state index contributed by atoms with van der Waals surface area (Å²) in [4.78, 5) is 14.9. The topological polar surface area (TPSA) is 51.8 Å². The van der Waals surface area contributed by atoms with Gasteiger partial charge in [0.25, 0.3) is 0 Å². The van der Waals surface area contributed by atoms with Crippen LogP contribution in [-0.4, -0.2) is 15.0 Å². The first kappa shape index (κ1) is 28.6. The van der Waals surface area contributed by atoms with Gasteiger partial charge in [-0.05, 0) is 90.5 Å². The zero-order valence-electron chi connectivity index (χ0n) is 27.4. The molecule has 7 aromatic rings. The monoisotopic (exact) mass is 635 g/mol. The minimum Gasteiger partial charge on any atom is -0.443 e. The maximum atomic E-state index is 5.95. The summed E-state index contributed by atoms with van der Waals surface area (Å²) in [6.45, 7) is 0. The first-order valence-electron chi connectivity index (χ1n) is 17.8. The molecule has 4 aliphatic carbocycles. The molecule has 4 aliphatic rings. The molecule has 0 amide bonds. The van der Waals surface area contributed by atoms with E-state index in [1.165, 1.54) is 50.5 Å². The molecule has 49 heavy (non-hydrogen) atoms. The average Bonchev–Trinajstić information content (AvgIpc) is 3.65. The first-order valence-corrected chi connectivity index (χ1v) is 17.8. The Morgan fingerprint density at radius 1 is 0.510 bits per heavy atom. The minimum absolute atomic E-state index is 0.381. The number of nitrogens with zero attached hydrogens (tertiary/aromatic N) is 3. The van der Waals surface area contributed by atoms with Crippen molar-refractivity contribution in [2.24, 2.45) is 17.8 Å². The van der Waals surface area contributed by atoms with Crippen LogP contribution in [0.5, 0.6) is 0 Å². The average molecular weight is 636 g/mol. The second-order valence-electron chi connectivity index (χ2n) is 14.7. The largest absolute Gasteiger partial charge is 0.443 e. The van der Waals surface area contributed by atoms with Crippen molar-refractivity contribution in [1.82, 2.24) is 15.0 Å². The van der Waals surface area contributed by atoms with Crippen LogP contribution in [0.15, 0.2) is 138 Å².